The molecule has 1 fully saturated rings. The Balaban J connectivity index is 2.21. The summed E-state index contributed by atoms with van der Waals surface area (Å²) in [5, 5.41) is 2.82. The predicted molar refractivity (Wildman–Crippen MR) is 91.2 cm³/mol. The van der Waals surface area contributed by atoms with E-state index in [2.05, 4.69) is 5.32 Å². The van der Waals surface area contributed by atoms with E-state index in [1.165, 1.54) is 0 Å². The zero-order valence-corrected chi connectivity index (χ0v) is 14.3. The van der Waals surface area contributed by atoms with Crippen LogP contribution in [0, 0.1) is 5.92 Å². The van der Waals surface area contributed by atoms with Crippen molar-refractivity contribution in [2.45, 2.75) is 24.7 Å². The number of para-hydroxylation sites is 1. The molecular formula is C16H25N3O3S. The molecule has 1 unspecified atom stereocenters. The highest BCUT2D eigenvalue weighted by Gasteiger charge is 2.28. The van der Waals surface area contributed by atoms with Crippen LogP contribution in [0.3, 0.4) is 0 Å². The number of amides is 1. The lowest BCUT2D eigenvalue weighted by molar-refractivity contribution is -0.125. The summed E-state index contributed by atoms with van der Waals surface area (Å²) in [6.07, 6.45) is 1.68. The zero-order valence-electron chi connectivity index (χ0n) is 13.5. The van der Waals surface area contributed by atoms with Gasteiger partial charge in [-0.1, -0.05) is 19.1 Å². The van der Waals surface area contributed by atoms with Crippen LogP contribution >= 0.6 is 0 Å². The first-order valence-corrected chi connectivity index (χ1v) is 9.69. The van der Waals surface area contributed by atoms with Crippen molar-refractivity contribution in [2.24, 2.45) is 11.7 Å². The number of benzene rings is 1. The largest absolute Gasteiger partial charge is 0.370 e. The third kappa shape index (κ3) is 4.23. The van der Waals surface area contributed by atoms with Gasteiger partial charge in [0.25, 0.3) is 0 Å². The van der Waals surface area contributed by atoms with Gasteiger partial charge in [-0.3, -0.25) is 4.79 Å². The van der Waals surface area contributed by atoms with E-state index in [9.17, 15) is 13.2 Å². The van der Waals surface area contributed by atoms with Crippen LogP contribution in [0.5, 0.6) is 0 Å². The number of piperidine rings is 1. The first-order chi connectivity index (χ1) is 11.0. The average Bonchev–Trinajstić information content (AvgIpc) is 2.59. The Bertz CT molecular complexity index is 646. The first kappa shape index (κ1) is 17.7. The SMILES string of the molecule is CCS(=O)(=O)c1ccccc1N1CCCC(C(=O)NCCN)C1. The number of carbonyl (C=O) groups is 1. The number of nitrogens with one attached hydrogen (secondary N) is 1. The molecule has 1 heterocycles. The Hall–Kier alpha value is -1.60. The maximum Gasteiger partial charge on any atom is 0.224 e. The Morgan fingerprint density at radius 1 is 1.39 bits per heavy atom. The van der Waals surface area contributed by atoms with Crippen molar-refractivity contribution in [3.05, 3.63) is 24.3 Å². The molecule has 0 aliphatic carbocycles. The van der Waals surface area contributed by atoms with Gasteiger partial charge < -0.3 is 16.0 Å². The minimum Gasteiger partial charge on any atom is -0.370 e. The van der Waals surface area contributed by atoms with Crippen molar-refractivity contribution in [3.8, 4) is 0 Å². The summed E-state index contributed by atoms with van der Waals surface area (Å²) in [6, 6.07) is 7.04. The summed E-state index contributed by atoms with van der Waals surface area (Å²) < 4.78 is 24.6. The molecule has 6 nitrogen and oxygen atoms in total. The second-order valence-corrected chi connectivity index (χ2v) is 7.98. The molecule has 0 spiro atoms. The number of rotatable bonds is 6. The van der Waals surface area contributed by atoms with Gasteiger partial charge in [-0.2, -0.15) is 0 Å². The third-order valence-corrected chi connectivity index (χ3v) is 5.93. The minimum atomic E-state index is -3.29. The van der Waals surface area contributed by atoms with Crippen LogP contribution in [0.25, 0.3) is 0 Å². The quantitative estimate of drug-likeness (QED) is 0.799. The maximum atomic E-state index is 12.3. The molecule has 1 saturated heterocycles. The van der Waals surface area contributed by atoms with Crippen LogP contribution in [0.4, 0.5) is 5.69 Å². The highest BCUT2D eigenvalue weighted by atomic mass is 32.2. The van der Waals surface area contributed by atoms with E-state index in [1.807, 2.05) is 17.0 Å². The molecule has 0 radical (unpaired) electrons. The van der Waals surface area contributed by atoms with Crippen LogP contribution in [0.15, 0.2) is 29.2 Å². The minimum absolute atomic E-state index is 0.00372. The summed E-state index contributed by atoms with van der Waals surface area (Å²) in [5.41, 5.74) is 6.12. The number of carbonyl (C=O) groups excluding carboxylic acids is 1. The van der Waals surface area contributed by atoms with Gasteiger partial charge in [0.1, 0.15) is 0 Å². The molecule has 0 aromatic heterocycles. The van der Waals surface area contributed by atoms with Gasteiger partial charge in [0.2, 0.25) is 5.91 Å². The summed E-state index contributed by atoms with van der Waals surface area (Å²) >= 11 is 0. The van der Waals surface area contributed by atoms with Crippen LogP contribution in [-0.2, 0) is 14.6 Å². The van der Waals surface area contributed by atoms with E-state index in [0.29, 0.717) is 30.2 Å². The van der Waals surface area contributed by atoms with Gasteiger partial charge >= 0.3 is 0 Å². The van der Waals surface area contributed by atoms with E-state index >= 15 is 0 Å². The highest BCUT2D eigenvalue weighted by Crippen LogP contribution is 2.30. The van der Waals surface area contributed by atoms with Gasteiger partial charge in [0.15, 0.2) is 9.84 Å². The molecule has 3 N–H and O–H groups in total. The van der Waals surface area contributed by atoms with Gasteiger partial charge in [-0.15, -0.1) is 0 Å². The normalized spacial score (nSPS) is 18.7. The molecule has 7 heteroatoms. The zero-order chi connectivity index (χ0) is 16.9. The van der Waals surface area contributed by atoms with Crippen molar-refractivity contribution >= 4 is 21.4 Å². The van der Waals surface area contributed by atoms with Crippen molar-refractivity contribution in [2.75, 3.05) is 36.8 Å². The Kier molecular flexibility index (Phi) is 6.01. The molecule has 1 aliphatic rings. The van der Waals surface area contributed by atoms with E-state index in [1.54, 1.807) is 19.1 Å². The molecule has 1 atom stereocenters. The van der Waals surface area contributed by atoms with Crippen molar-refractivity contribution in [1.82, 2.24) is 5.32 Å². The summed E-state index contributed by atoms with van der Waals surface area (Å²) in [4.78, 5) is 14.5. The fourth-order valence-electron chi connectivity index (χ4n) is 2.89. The van der Waals surface area contributed by atoms with E-state index in [0.717, 1.165) is 19.4 Å². The molecule has 1 amide bonds. The Labute approximate surface area is 138 Å². The Morgan fingerprint density at radius 2 is 2.13 bits per heavy atom. The van der Waals surface area contributed by atoms with Gasteiger partial charge in [-0.05, 0) is 25.0 Å². The number of hydrogen-bond donors (Lipinski definition) is 2. The van der Waals surface area contributed by atoms with Crippen molar-refractivity contribution < 1.29 is 13.2 Å². The number of hydrogen-bond acceptors (Lipinski definition) is 5. The van der Waals surface area contributed by atoms with E-state index in [4.69, 9.17) is 5.73 Å². The number of nitrogens with two attached hydrogens (primary N) is 1. The lowest BCUT2D eigenvalue weighted by Crippen LogP contribution is -2.44. The lowest BCUT2D eigenvalue weighted by Gasteiger charge is -2.34. The summed E-state index contributed by atoms with van der Waals surface area (Å²) in [5.74, 6) is -0.0678. The van der Waals surface area contributed by atoms with Crippen LogP contribution in [0.2, 0.25) is 0 Å². The monoisotopic (exact) mass is 339 g/mol. The molecule has 128 valence electrons. The van der Waals surface area contributed by atoms with Crippen molar-refractivity contribution in [1.29, 1.82) is 0 Å². The standard InChI is InChI=1S/C16H25N3O3S/c1-2-23(21,22)15-8-4-3-7-14(15)19-11-5-6-13(12-19)16(20)18-10-9-17/h3-4,7-8,13H,2,5-6,9-12,17H2,1H3,(H,18,20). The second kappa shape index (κ2) is 7.79. The van der Waals surface area contributed by atoms with Crippen LogP contribution < -0.4 is 16.0 Å². The fourth-order valence-corrected chi connectivity index (χ4v) is 4.00. The van der Waals surface area contributed by atoms with Crippen LogP contribution in [0.1, 0.15) is 19.8 Å². The van der Waals surface area contributed by atoms with E-state index in [-0.39, 0.29) is 17.6 Å². The molecule has 1 aromatic rings. The lowest BCUT2D eigenvalue weighted by atomic mass is 9.96. The van der Waals surface area contributed by atoms with Gasteiger partial charge in [-0.25, -0.2) is 8.42 Å². The molecule has 0 bridgehead atoms. The second-order valence-electron chi connectivity index (χ2n) is 5.74. The molecule has 0 saturated carbocycles. The number of sulfone groups is 1. The topological polar surface area (TPSA) is 92.5 Å². The Morgan fingerprint density at radius 3 is 2.83 bits per heavy atom. The molecule has 1 aromatic carbocycles. The average molecular weight is 339 g/mol. The van der Waals surface area contributed by atoms with Gasteiger partial charge in [0, 0.05) is 26.2 Å². The fraction of sp³-hybridized carbons (Fsp3) is 0.562. The summed E-state index contributed by atoms with van der Waals surface area (Å²) in [6.45, 7) is 3.82. The van der Waals surface area contributed by atoms with Crippen LogP contribution in [-0.4, -0.2) is 46.3 Å². The predicted octanol–water partition coefficient (Wildman–Crippen LogP) is 0.772. The highest BCUT2D eigenvalue weighted by molar-refractivity contribution is 7.91. The maximum absolute atomic E-state index is 12.3. The third-order valence-electron chi connectivity index (χ3n) is 4.16. The number of anilines is 1. The van der Waals surface area contributed by atoms with Gasteiger partial charge in [0.05, 0.1) is 22.3 Å². The molecule has 2 rings (SSSR count). The summed E-state index contributed by atoms with van der Waals surface area (Å²) in [7, 11) is -3.29. The van der Waals surface area contributed by atoms with Crippen molar-refractivity contribution in [3.63, 3.8) is 0 Å². The molecule has 1 aliphatic heterocycles. The van der Waals surface area contributed by atoms with E-state index < -0.39 is 9.84 Å². The molecular weight excluding hydrogens is 314 g/mol. The first-order valence-electron chi connectivity index (χ1n) is 8.04. The smallest absolute Gasteiger partial charge is 0.224 e. The number of nitrogens with zero attached hydrogens (tertiary/aromatic N) is 1. The molecule has 23 heavy (non-hydrogen) atoms.